The van der Waals surface area contributed by atoms with E-state index in [1.165, 1.54) is 19.3 Å². The fourth-order valence-electron chi connectivity index (χ4n) is 5.61. The molecule has 3 aliphatic rings. The Morgan fingerprint density at radius 1 is 1.11 bits per heavy atom. The molecule has 18 heavy (non-hydrogen) atoms. The van der Waals surface area contributed by atoms with E-state index in [0.717, 1.165) is 48.1 Å². The van der Waals surface area contributed by atoms with Gasteiger partial charge in [-0.3, -0.25) is 0 Å². The molecular formula is C17H31N. The molecule has 0 amide bonds. The topological polar surface area (TPSA) is 12.0 Å². The predicted octanol–water partition coefficient (Wildman–Crippen LogP) is 4.08. The molecule has 6 atom stereocenters. The van der Waals surface area contributed by atoms with Crippen LogP contribution in [0, 0.1) is 35.5 Å². The lowest BCUT2D eigenvalue weighted by molar-refractivity contribution is 0.310. The van der Waals surface area contributed by atoms with E-state index in [1.807, 2.05) is 0 Å². The molecule has 0 aromatic heterocycles. The summed E-state index contributed by atoms with van der Waals surface area (Å²) in [6.45, 7) is 8.23. The van der Waals surface area contributed by atoms with Crippen molar-refractivity contribution < 1.29 is 0 Å². The summed E-state index contributed by atoms with van der Waals surface area (Å²) in [4.78, 5) is 0. The second-order valence-corrected chi connectivity index (χ2v) is 7.36. The molecule has 1 heteroatoms. The minimum atomic E-state index is 0.843. The van der Waals surface area contributed by atoms with Crippen molar-refractivity contribution in [1.29, 1.82) is 0 Å². The zero-order chi connectivity index (χ0) is 12.7. The first-order valence-corrected chi connectivity index (χ1v) is 8.49. The zero-order valence-electron chi connectivity index (χ0n) is 12.5. The third kappa shape index (κ3) is 2.13. The van der Waals surface area contributed by atoms with Gasteiger partial charge in [-0.25, -0.2) is 0 Å². The van der Waals surface area contributed by atoms with E-state index < -0.39 is 0 Å². The van der Waals surface area contributed by atoms with Crippen LogP contribution < -0.4 is 5.32 Å². The Balaban J connectivity index is 1.58. The molecule has 1 nitrogen and oxygen atoms in total. The summed E-state index contributed by atoms with van der Waals surface area (Å²) in [5.74, 6) is 6.53. The lowest BCUT2D eigenvalue weighted by Crippen LogP contribution is -2.34. The highest BCUT2D eigenvalue weighted by atomic mass is 14.9. The maximum atomic E-state index is 3.83. The summed E-state index contributed by atoms with van der Waals surface area (Å²) in [5, 5.41) is 3.83. The molecule has 3 rings (SSSR count). The molecule has 2 bridgehead atoms. The zero-order valence-corrected chi connectivity index (χ0v) is 12.5. The molecule has 0 saturated heterocycles. The van der Waals surface area contributed by atoms with Gasteiger partial charge in [0, 0.05) is 6.04 Å². The van der Waals surface area contributed by atoms with Gasteiger partial charge in [-0.15, -0.1) is 0 Å². The average molecular weight is 249 g/mol. The Morgan fingerprint density at radius 3 is 2.33 bits per heavy atom. The van der Waals surface area contributed by atoms with Crippen LogP contribution in [0.4, 0.5) is 0 Å². The van der Waals surface area contributed by atoms with Gasteiger partial charge in [0.1, 0.15) is 0 Å². The maximum absolute atomic E-state index is 3.83. The van der Waals surface area contributed by atoms with Gasteiger partial charge >= 0.3 is 0 Å². The summed E-state index contributed by atoms with van der Waals surface area (Å²) in [6.07, 6.45) is 8.91. The van der Waals surface area contributed by atoms with Crippen LogP contribution in [0.5, 0.6) is 0 Å². The fraction of sp³-hybridized carbons (Fsp3) is 1.00. The number of rotatable bonds is 7. The first-order valence-electron chi connectivity index (χ1n) is 8.49. The van der Waals surface area contributed by atoms with Gasteiger partial charge in [-0.1, -0.05) is 33.6 Å². The molecule has 0 aromatic rings. The lowest BCUT2D eigenvalue weighted by atomic mass is 9.90. The molecule has 6 unspecified atom stereocenters. The number of hydrogen-bond acceptors (Lipinski definition) is 1. The van der Waals surface area contributed by atoms with Crippen molar-refractivity contribution in [2.45, 2.75) is 65.3 Å². The Hall–Kier alpha value is -0.0400. The first kappa shape index (κ1) is 13.0. The molecule has 3 fully saturated rings. The van der Waals surface area contributed by atoms with Crippen LogP contribution in [0.2, 0.25) is 0 Å². The number of nitrogens with one attached hydrogen (secondary N) is 1. The standard InChI is InChI=1S/C17H31N/c1-4-6-11(3)9-14(18-5-2)17-15-12-7-8-13(10-12)16(15)17/h11-18H,4-10H2,1-3H3. The van der Waals surface area contributed by atoms with Crippen LogP contribution in [0.15, 0.2) is 0 Å². The third-order valence-corrected chi connectivity index (χ3v) is 6.16. The van der Waals surface area contributed by atoms with Crippen LogP contribution in [0.25, 0.3) is 0 Å². The normalized spacial score (nSPS) is 43.8. The molecule has 3 saturated carbocycles. The van der Waals surface area contributed by atoms with Crippen molar-refractivity contribution in [2.24, 2.45) is 35.5 Å². The van der Waals surface area contributed by atoms with Crippen LogP contribution in [0.1, 0.15) is 59.3 Å². The molecule has 104 valence electrons. The Labute approximate surface area is 113 Å². The van der Waals surface area contributed by atoms with Crippen LogP contribution in [-0.2, 0) is 0 Å². The van der Waals surface area contributed by atoms with Gasteiger partial charge in [0.2, 0.25) is 0 Å². The van der Waals surface area contributed by atoms with Gasteiger partial charge in [-0.05, 0) is 67.7 Å². The summed E-state index contributed by atoms with van der Waals surface area (Å²) in [5.41, 5.74) is 0. The molecule has 0 heterocycles. The Morgan fingerprint density at radius 2 is 1.78 bits per heavy atom. The van der Waals surface area contributed by atoms with Gasteiger partial charge in [-0.2, -0.15) is 0 Å². The summed E-state index contributed by atoms with van der Waals surface area (Å²) < 4.78 is 0. The Bertz CT molecular complexity index is 271. The predicted molar refractivity (Wildman–Crippen MR) is 77.5 cm³/mol. The molecular weight excluding hydrogens is 218 g/mol. The molecule has 0 radical (unpaired) electrons. The SMILES string of the molecule is CCCC(C)CC(NCC)C1C2C3CCC(C3)C21. The Kier molecular flexibility index (Phi) is 3.71. The minimum Gasteiger partial charge on any atom is -0.314 e. The van der Waals surface area contributed by atoms with Crippen molar-refractivity contribution in [1.82, 2.24) is 5.32 Å². The molecule has 3 aliphatic carbocycles. The number of fused-ring (bicyclic) bond motifs is 5. The van der Waals surface area contributed by atoms with E-state index in [9.17, 15) is 0 Å². The van der Waals surface area contributed by atoms with Crippen molar-refractivity contribution in [3.05, 3.63) is 0 Å². The van der Waals surface area contributed by atoms with Crippen molar-refractivity contribution in [3.63, 3.8) is 0 Å². The van der Waals surface area contributed by atoms with Crippen LogP contribution in [-0.4, -0.2) is 12.6 Å². The first-order chi connectivity index (χ1) is 8.76. The van der Waals surface area contributed by atoms with E-state index in [2.05, 4.69) is 26.1 Å². The van der Waals surface area contributed by atoms with Crippen LogP contribution in [0.3, 0.4) is 0 Å². The van der Waals surface area contributed by atoms with Crippen LogP contribution >= 0.6 is 0 Å². The van der Waals surface area contributed by atoms with E-state index in [0.29, 0.717) is 0 Å². The molecule has 1 N–H and O–H groups in total. The smallest absolute Gasteiger partial charge is 0.0103 e. The minimum absolute atomic E-state index is 0.843. The molecule has 0 spiro atoms. The van der Waals surface area contributed by atoms with E-state index in [4.69, 9.17) is 0 Å². The fourth-order valence-corrected chi connectivity index (χ4v) is 5.61. The van der Waals surface area contributed by atoms with Crippen molar-refractivity contribution in [2.75, 3.05) is 6.54 Å². The highest BCUT2D eigenvalue weighted by Gasteiger charge is 2.66. The average Bonchev–Trinajstić information content (AvgIpc) is 2.77. The van der Waals surface area contributed by atoms with E-state index in [-0.39, 0.29) is 0 Å². The van der Waals surface area contributed by atoms with E-state index in [1.54, 1.807) is 19.3 Å². The monoisotopic (exact) mass is 249 g/mol. The third-order valence-electron chi connectivity index (χ3n) is 6.16. The lowest BCUT2D eigenvalue weighted by Gasteiger charge is -2.24. The van der Waals surface area contributed by atoms with E-state index >= 15 is 0 Å². The second-order valence-electron chi connectivity index (χ2n) is 7.36. The molecule has 0 aliphatic heterocycles. The highest BCUT2D eigenvalue weighted by Crippen LogP contribution is 2.70. The largest absolute Gasteiger partial charge is 0.314 e. The van der Waals surface area contributed by atoms with Gasteiger partial charge in [0.05, 0.1) is 0 Å². The van der Waals surface area contributed by atoms with Gasteiger partial charge in [0.15, 0.2) is 0 Å². The van der Waals surface area contributed by atoms with Gasteiger partial charge in [0.25, 0.3) is 0 Å². The van der Waals surface area contributed by atoms with Gasteiger partial charge < -0.3 is 5.32 Å². The highest BCUT2D eigenvalue weighted by molar-refractivity contribution is 5.15. The quantitative estimate of drug-likeness (QED) is 0.717. The summed E-state index contributed by atoms with van der Waals surface area (Å²) in [7, 11) is 0. The maximum Gasteiger partial charge on any atom is 0.0103 e. The second kappa shape index (κ2) is 5.15. The molecule has 0 aromatic carbocycles. The summed E-state index contributed by atoms with van der Waals surface area (Å²) in [6, 6.07) is 0.843. The number of hydrogen-bond donors (Lipinski definition) is 1. The van der Waals surface area contributed by atoms with Crippen molar-refractivity contribution >= 4 is 0 Å². The van der Waals surface area contributed by atoms with Crippen molar-refractivity contribution in [3.8, 4) is 0 Å². The summed E-state index contributed by atoms with van der Waals surface area (Å²) >= 11 is 0.